The van der Waals surface area contributed by atoms with Crippen molar-refractivity contribution in [2.75, 3.05) is 39.3 Å². The van der Waals surface area contributed by atoms with Crippen LogP contribution >= 0.6 is 11.3 Å². The normalized spacial score (nSPS) is 23.2. The highest BCUT2D eigenvalue weighted by molar-refractivity contribution is 7.07. The minimum atomic E-state index is -0.0606. The summed E-state index contributed by atoms with van der Waals surface area (Å²) in [6, 6.07) is -0.0606. The fourth-order valence-corrected chi connectivity index (χ4v) is 6.14. The van der Waals surface area contributed by atoms with E-state index in [0.29, 0.717) is 37.1 Å². The first-order valence-electron chi connectivity index (χ1n) is 12.5. The maximum atomic E-state index is 13.1. The lowest BCUT2D eigenvalue weighted by Gasteiger charge is -2.39. The highest BCUT2D eigenvalue weighted by Gasteiger charge is 2.49. The Hall–Kier alpha value is -2.33. The second-order valence-electron chi connectivity index (χ2n) is 10.4. The van der Waals surface area contributed by atoms with Crippen molar-refractivity contribution in [1.29, 1.82) is 0 Å². The van der Waals surface area contributed by atoms with Gasteiger partial charge in [0.15, 0.2) is 0 Å². The first-order chi connectivity index (χ1) is 16.4. The van der Waals surface area contributed by atoms with E-state index in [2.05, 4.69) is 20.1 Å². The SMILES string of the molecule is CC(C)c1nnc(C2CC3(CCN(C(=O)c4cscn4)CC3)CN2CC(=O)N2CCCCC2)o1. The summed E-state index contributed by atoms with van der Waals surface area (Å²) in [5, 5.41) is 10.5. The van der Waals surface area contributed by atoms with Crippen molar-refractivity contribution in [3.05, 3.63) is 28.4 Å². The van der Waals surface area contributed by atoms with Crippen LogP contribution in [0, 0.1) is 5.41 Å². The van der Waals surface area contributed by atoms with Gasteiger partial charge in [-0.2, -0.15) is 0 Å². The molecule has 9 nitrogen and oxygen atoms in total. The minimum absolute atomic E-state index is 0.0151. The van der Waals surface area contributed by atoms with Crippen molar-refractivity contribution in [1.82, 2.24) is 29.9 Å². The number of thiazole rings is 1. The molecule has 3 aliphatic rings. The highest BCUT2D eigenvalue weighted by atomic mass is 32.1. The fourth-order valence-electron chi connectivity index (χ4n) is 5.61. The fraction of sp³-hybridized carbons (Fsp3) is 0.708. The van der Waals surface area contributed by atoms with Crippen molar-refractivity contribution in [3.63, 3.8) is 0 Å². The molecule has 3 fully saturated rings. The van der Waals surface area contributed by atoms with Gasteiger partial charge in [-0.05, 0) is 43.9 Å². The lowest BCUT2D eigenvalue weighted by molar-refractivity contribution is -0.133. The van der Waals surface area contributed by atoms with Gasteiger partial charge in [0.05, 0.1) is 18.1 Å². The summed E-state index contributed by atoms with van der Waals surface area (Å²) in [5.41, 5.74) is 2.27. The molecule has 184 valence electrons. The lowest BCUT2D eigenvalue weighted by Crippen LogP contribution is -2.46. The standard InChI is InChI=1S/C24H34N6O3S/c1-17(2)21-26-27-22(33-21)19-12-24(15-30(19)13-20(31)28-8-4-3-5-9-28)6-10-29(11-7-24)23(32)18-14-34-16-25-18/h14,16-17,19H,3-13,15H2,1-2H3. The molecule has 5 heterocycles. The zero-order chi connectivity index (χ0) is 23.7. The molecular weight excluding hydrogens is 452 g/mol. The molecule has 3 aliphatic heterocycles. The third-order valence-corrected chi connectivity index (χ3v) is 8.24. The molecule has 1 atom stereocenters. The van der Waals surface area contributed by atoms with Crippen molar-refractivity contribution < 1.29 is 14.0 Å². The maximum Gasteiger partial charge on any atom is 0.273 e. The van der Waals surface area contributed by atoms with E-state index in [1.54, 1.807) is 5.51 Å². The second-order valence-corrected chi connectivity index (χ2v) is 11.1. The predicted octanol–water partition coefficient (Wildman–Crippen LogP) is 3.33. The molecule has 2 aromatic rings. The smallest absolute Gasteiger partial charge is 0.273 e. The number of carbonyl (C=O) groups excluding carboxylic acids is 2. The van der Waals surface area contributed by atoms with Crippen LogP contribution in [0.25, 0.3) is 0 Å². The molecule has 5 rings (SSSR count). The van der Waals surface area contributed by atoms with Crippen molar-refractivity contribution >= 4 is 23.2 Å². The molecule has 0 saturated carbocycles. The molecule has 2 amide bonds. The lowest BCUT2D eigenvalue weighted by atomic mass is 9.76. The van der Waals surface area contributed by atoms with Crippen LogP contribution in [-0.4, -0.2) is 81.0 Å². The molecule has 0 aromatic carbocycles. The zero-order valence-corrected chi connectivity index (χ0v) is 20.9. The maximum absolute atomic E-state index is 13.1. The van der Waals surface area contributed by atoms with Crippen LogP contribution in [0.15, 0.2) is 15.3 Å². The Balaban J connectivity index is 1.31. The molecule has 0 radical (unpaired) electrons. The Morgan fingerprint density at radius 2 is 1.88 bits per heavy atom. The van der Waals surface area contributed by atoms with Gasteiger partial charge in [0.25, 0.3) is 5.91 Å². The summed E-state index contributed by atoms with van der Waals surface area (Å²) in [4.78, 5) is 36.3. The number of hydrogen-bond acceptors (Lipinski definition) is 8. The van der Waals surface area contributed by atoms with Crippen LogP contribution < -0.4 is 0 Å². The van der Waals surface area contributed by atoms with E-state index in [0.717, 1.165) is 51.7 Å². The number of likely N-dealkylation sites (tertiary alicyclic amines) is 3. The van der Waals surface area contributed by atoms with Crippen LogP contribution in [0.1, 0.15) is 86.6 Å². The third-order valence-electron chi connectivity index (χ3n) is 7.65. The van der Waals surface area contributed by atoms with Crippen LogP contribution in [0.4, 0.5) is 0 Å². The van der Waals surface area contributed by atoms with Crippen LogP contribution in [0.3, 0.4) is 0 Å². The van der Waals surface area contributed by atoms with Gasteiger partial charge in [0, 0.05) is 44.0 Å². The molecule has 3 saturated heterocycles. The molecule has 34 heavy (non-hydrogen) atoms. The molecule has 2 aromatic heterocycles. The molecule has 1 unspecified atom stereocenters. The van der Waals surface area contributed by atoms with Crippen LogP contribution in [0.5, 0.6) is 0 Å². The second kappa shape index (κ2) is 9.73. The molecule has 0 bridgehead atoms. The summed E-state index contributed by atoms with van der Waals surface area (Å²) in [5.74, 6) is 1.64. The van der Waals surface area contributed by atoms with Gasteiger partial charge in [-0.1, -0.05) is 13.8 Å². The van der Waals surface area contributed by atoms with Gasteiger partial charge < -0.3 is 14.2 Å². The average molecular weight is 487 g/mol. The minimum Gasteiger partial charge on any atom is -0.423 e. The largest absolute Gasteiger partial charge is 0.423 e. The number of rotatable bonds is 5. The monoisotopic (exact) mass is 486 g/mol. The van der Waals surface area contributed by atoms with E-state index in [4.69, 9.17) is 4.42 Å². The summed E-state index contributed by atoms with van der Waals surface area (Å²) in [6.07, 6.45) is 6.05. The Kier molecular flexibility index (Phi) is 6.70. The van der Waals surface area contributed by atoms with Crippen LogP contribution in [0.2, 0.25) is 0 Å². The van der Waals surface area contributed by atoms with E-state index < -0.39 is 0 Å². The molecule has 10 heteroatoms. The van der Waals surface area contributed by atoms with Gasteiger partial charge in [-0.3, -0.25) is 14.5 Å². The van der Waals surface area contributed by atoms with Gasteiger partial charge in [-0.15, -0.1) is 21.5 Å². The number of aromatic nitrogens is 3. The van der Waals surface area contributed by atoms with Gasteiger partial charge in [0.2, 0.25) is 17.7 Å². The molecule has 0 N–H and O–H groups in total. The van der Waals surface area contributed by atoms with Gasteiger partial charge in [-0.25, -0.2) is 4.98 Å². The highest BCUT2D eigenvalue weighted by Crippen LogP contribution is 2.49. The van der Waals surface area contributed by atoms with Gasteiger partial charge >= 0.3 is 0 Å². The summed E-state index contributed by atoms with van der Waals surface area (Å²) < 4.78 is 6.07. The topological polar surface area (TPSA) is 95.7 Å². The third kappa shape index (κ3) is 4.75. The van der Waals surface area contributed by atoms with E-state index in [-0.39, 0.29) is 29.2 Å². The molecule has 0 aliphatic carbocycles. The van der Waals surface area contributed by atoms with Crippen molar-refractivity contribution in [3.8, 4) is 0 Å². The summed E-state index contributed by atoms with van der Waals surface area (Å²) in [6.45, 7) is 8.40. The summed E-state index contributed by atoms with van der Waals surface area (Å²) in [7, 11) is 0. The van der Waals surface area contributed by atoms with E-state index in [1.807, 2.05) is 29.0 Å². The van der Waals surface area contributed by atoms with Crippen molar-refractivity contribution in [2.45, 2.75) is 64.3 Å². The quantitative estimate of drug-likeness (QED) is 0.640. The Bertz CT molecular complexity index is 992. The Morgan fingerprint density at radius 1 is 1.12 bits per heavy atom. The summed E-state index contributed by atoms with van der Waals surface area (Å²) >= 11 is 1.45. The Morgan fingerprint density at radius 3 is 2.53 bits per heavy atom. The Labute approximate surface area is 204 Å². The zero-order valence-electron chi connectivity index (χ0n) is 20.1. The van der Waals surface area contributed by atoms with E-state index >= 15 is 0 Å². The van der Waals surface area contributed by atoms with Crippen LogP contribution in [-0.2, 0) is 4.79 Å². The molecular formula is C24H34N6O3S. The van der Waals surface area contributed by atoms with E-state index in [9.17, 15) is 9.59 Å². The number of amides is 2. The average Bonchev–Trinajstić information content (AvgIpc) is 3.61. The molecule has 1 spiro atoms. The van der Waals surface area contributed by atoms with Crippen molar-refractivity contribution in [2.24, 2.45) is 5.41 Å². The number of nitrogens with zero attached hydrogens (tertiary/aromatic N) is 6. The van der Waals surface area contributed by atoms with E-state index in [1.165, 1.54) is 17.8 Å². The number of hydrogen-bond donors (Lipinski definition) is 0. The first kappa shape index (κ1) is 23.4. The number of piperidine rings is 2. The van der Waals surface area contributed by atoms with Gasteiger partial charge in [0.1, 0.15) is 5.69 Å². The number of carbonyl (C=O) groups is 2. The first-order valence-corrected chi connectivity index (χ1v) is 13.4. The predicted molar refractivity (Wildman–Crippen MR) is 127 cm³/mol.